The standard InChI is InChI=1S/C16H23NO/c1-11(18)12-6-8-13(9-7-12)17-10-14-15(2,3)16(14,4)5/h6-9,14,17H,10H2,1-5H3. The minimum absolute atomic E-state index is 0.117. The van der Waals surface area contributed by atoms with Crippen LogP contribution in [0.4, 0.5) is 5.69 Å². The summed E-state index contributed by atoms with van der Waals surface area (Å²) in [4.78, 5) is 11.2. The number of hydrogen-bond acceptors (Lipinski definition) is 2. The van der Waals surface area contributed by atoms with Gasteiger partial charge in [0.25, 0.3) is 0 Å². The van der Waals surface area contributed by atoms with E-state index >= 15 is 0 Å². The van der Waals surface area contributed by atoms with E-state index in [1.165, 1.54) is 0 Å². The predicted octanol–water partition coefficient (Wildman–Crippen LogP) is 3.98. The minimum atomic E-state index is 0.117. The van der Waals surface area contributed by atoms with E-state index in [1.807, 2.05) is 24.3 Å². The molecule has 2 rings (SSSR count). The molecule has 0 unspecified atom stereocenters. The fourth-order valence-electron chi connectivity index (χ4n) is 2.89. The van der Waals surface area contributed by atoms with Gasteiger partial charge in [-0.05, 0) is 47.9 Å². The van der Waals surface area contributed by atoms with Crippen LogP contribution in [0, 0.1) is 16.7 Å². The highest BCUT2D eigenvalue weighted by molar-refractivity contribution is 5.94. The third-order valence-electron chi connectivity index (χ3n) is 5.12. The third-order valence-corrected chi connectivity index (χ3v) is 5.12. The van der Waals surface area contributed by atoms with Crippen molar-refractivity contribution >= 4 is 11.5 Å². The lowest BCUT2D eigenvalue weighted by Crippen LogP contribution is -2.08. The molecule has 0 atom stereocenters. The number of anilines is 1. The zero-order chi connectivity index (χ0) is 13.6. The molecule has 98 valence electrons. The first kappa shape index (κ1) is 13.1. The highest BCUT2D eigenvalue weighted by Crippen LogP contribution is 2.68. The van der Waals surface area contributed by atoms with Crippen molar-refractivity contribution in [2.75, 3.05) is 11.9 Å². The van der Waals surface area contributed by atoms with E-state index in [0.29, 0.717) is 16.7 Å². The van der Waals surface area contributed by atoms with Gasteiger partial charge >= 0.3 is 0 Å². The zero-order valence-corrected chi connectivity index (χ0v) is 12.0. The van der Waals surface area contributed by atoms with Gasteiger partial charge in [-0.15, -0.1) is 0 Å². The quantitative estimate of drug-likeness (QED) is 0.813. The molecule has 0 amide bonds. The van der Waals surface area contributed by atoms with Crippen LogP contribution < -0.4 is 5.32 Å². The Labute approximate surface area is 110 Å². The molecule has 0 bridgehead atoms. The van der Waals surface area contributed by atoms with Crippen LogP contribution in [-0.4, -0.2) is 12.3 Å². The van der Waals surface area contributed by atoms with Crippen molar-refractivity contribution in [1.29, 1.82) is 0 Å². The summed E-state index contributed by atoms with van der Waals surface area (Å²) in [6.07, 6.45) is 0. The summed E-state index contributed by atoms with van der Waals surface area (Å²) in [6.45, 7) is 11.9. The number of hydrogen-bond donors (Lipinski definition) is 1. The third kappa shape index (κ3) is 2.05. The summed E-state index contributed by atoms with van der Waals surface area (Å²) in [7, 11) is 0. The number of Topliss-reactive ketones (excluding diaryl/α,β-unsaturated/α-hetero) is 1. The predicted molar refractivity (Wildman–Crippen MR) is 76.0 cm³/mol. The normalized spacial score (nSPS) is 20.5. The Morgan fingerprint density at radius 3 is 2.00 bits per heavy atom. The van der Waals surface area contributed by atoms with E-state index < -0.39 is 0 Å². The van der Waals surface area contributed by atoms with Crippen molar-refractivity contribution in [2.24, 2.45) is 16.7 Å². The lowest BCUT2D eigenvalue weighted by Gasteiger charge is -2.08. The van der Waals surface area contributed by atoms with Crippen LogP contribution in [0.1, 0.15) is 45.0 Å². The summed E-state index contributed by atoms with van der Waals surface area (Å²) in [5.41, 5.74) is 2.70. The second kappa shape index (κ2) is 4.11. The van der Waals surface area contributed by atoms with Crippen molar-refractivity contribution in [3.63, 3.8) is 0 Å². The van der Waals surface area contributed by atoms with Crippen LogP contribution in [0.15, 0.2) is 24.3 Å². The van der Waals surface area contributed by atoms with E-state index in [9.17, 15) is 4.79 Å². The van der Waals surface area contributed by atoms with Crippen LogP contribution in [0.2, 0.25) is 0 Å². The molecule has 0 aliphatic heterocycles. The van der Waals surface area contributed by atoms with E-state index in [0.717, 1.165) is 17.8 Å². The molecule has 2 nitrogen and oxygen atoms in total. The highest BCUT2D eigenvalue weighted by atomic mass is 16.1. The smallest absolute Gasteiger partial charge is 0.159 e. The largest absolute Gasteiger partial charge is 0.385 e. The van der Waals surface area contributed by atoms with Gasteiger partial charge < -0.3 is 5.32 Å². The van der Waals surface area contributed by atoms with Gasteiger partial charge in [-0.3, -0.25) is 4.79 Å². The summed E-state index contributed by atoms with van der Waals surface area (Å²) in [5, 5.41) is 3.47. The molecule has 2 heteroatoms. The topological polar surface area (TPSA) is 29.1 Å². The highest BCUT2D eigenvalue weighted by Gasteiger charge is 2.63. The van der Waals surface area contributed by atoms with Gasteiger partial charge in [-0.2, -0.15) is 0 Å². The van der Waals surface area contributed by atoms with Crippen LogP contribution in [0.25, 0.3) is 0 Å². The van der Waals surface area contributed by atoms with E-state index in [2.05, 4.69) is 33.0 Å². The Balaban J connectivity index is 1.94. The van der Waals surface area contributed by atoms with Crippen molar-refractivity contribution in [2.45, 2.75) is 34.6 Å². The molecule has 1 N–H and O–H groups in total. The molecular formula is C16H23NO. The van der Waals surface area contributed by atoms with Gasteiger partial charge in [0.15, 0.2) is 5.78 Å². The molecule has 0 saturated heterocycles. The molecule has 1 saturated carbocycles. The molecule has 1 aromatic rings. The lowest BCUT2D eigenvalue weighted by atomic mass is 10.0. The molecule has 0 spiro atoms. The first-order valence-electron chi connectivity index (χ1n) is 6.61. The fraction of sp³-hybridized carbons (Fsp3) is 0.562. The average molecular weight is 245 g/mol. The van der Waals surface area contributed by atoms with Gasteiger partial charge in [0, 0.05) is 17.8 Å². The molecule has 1 aliphatic rings. The van der Waals surface area contributed by atoms with Gasteiger partial charge in [0.1, 0.15) is 0 Å². The maximum absolute atomic E-state index is 11.2. The maximum Gasteiger partial charge on any atom is 0.159 e. The Kier molecular flexibility index (Phi) is 3.00. The van der Waals surface area contributed by atoms with Crippen LogP contribution in [0.3, 0.4) is 0 Å². The molecular weight excluding hydrogens is 222 g/mol. The van der Waals surface area contributed by atoms with Gasteiger partial charge in [0.2, 0.25) is 0 Å². The SMILES string of the molecule is CC(=O)c1ccc(NCC2C(C)(C)C2(C)C)cc1. The van der Waals surface area contributed by atoms with Gasteiger partial charge in [0.05, 0.1) is 0 Å². The first-order chi connectivity index (χ1) is 8.26. The average Bonchev–Trinajstić information content (AvgIpc) is 2.67. The van der Waals surface area contributed by atoms with Crippen molar-refractivity contribution < 1.29 is 4.79 Å². The van der Waals surface area contributed by atoms with E-state index in [1.54, 1.807) is 6.92 Å². The molecule has 0 aromatic heterocycles. The second-order valence-corrected chi connectivity index (χ2v) is 6.51. The van der Waals surface area contributed by atoms with Gasteiger partial charge in [-0.25, -0.2) is 0 Å². The second-order valence-electron chi connectivity index (χ2n) is 6.51. The van der Waals surface area contributed by atoms with E-state index in [-0.39, 0.29) is 5.78 Å². The van der Waals surface area contributed by atoms with Crippen LogP contribution in [0.5, 0.6) is 0 Å². The van der Waals surface area contributed by atoms with Gasteiger partial charge in [-0.1, -0.05) is 27.7 Å². The first-order valence-corrected chi connectivity index (χ1v) is 6.61. The summed E-state index contributed by atoms with van der Waals surface area (Å²) < 4.78 is 0. The Morgan fingerprint density at radius 2 is 1.61 bits per heavy atom. The minimum Gasteiger partial charge on any atom is -0.385 e. The number of ketones is 1. The molecule has 0 radical (unpaired) electrons. The summed E-state index contributed by atoms with van der Waals surface area (Å²) >= 11 is 0. The zero-order valence-electron chi connectivity index (χ0n) is 12.0. The number of benzene rings is 1. The Bertz CT molecular complexity index is 442. The lowest BCUT2D eigenvalue weighted by molar-refractivity contribution is 0.101. The molecule has 1 aromatic carbocycles. The van der Waals surface area contributed by atoms with Crippen molar-refractivity contribution in [1.82, 2.24) is 0 Å². The number of carbonyl (C=O) groups is 1. The number of nitrogens with one attached hydrogen (secondary N) is 1. The molecule has 1 fully saturated rings. The fourth-order valence-corrected chi connectivity index (χ4v) is 2.89. The monoisotopic (exact) mass is 245 g/mol. The maximum atomic E-state index is 11.2. The van der Waals surface area contributed by atoms with Crippen LogP contribution in [-0.2, 0) is 0 Å². The van der Waals surface area contributed by atoms with E-state index in [4.69, 9.17) is 0 Å². The van der Waals surface area contributed by atoms with Crippen molar-refractivity contribution in [3.05, 3.63) is 29.8 Å². The summed E-state index contributed by atoms with van der Waals surface area (Å²) in [6, 6.07) is 7.74. The number of rotatable bonds is 4. The van der Waals surface area contributed by atoms with Crippen molar-refractivity contribution in [3.8, 4) is 0 Å². The number of carbonyl (C=O) groups excluding carboxylic acids is 1. The summed E-state index contributed by atoms with van der Waals surface area (Å²) in [5.74, 6) is 0.823. The molecule has 18 heavy (non-hydrogen) atoms. The Morgan fingerprint density at radius 1 is 1.11 bits per heavy atom. The Hall–Kier alpha value is -1.31. The molecule has 0 heterocycles. The molecule has 1 aliphatic carbocycles. The van der Waals surface area contributed by atoms with Crippen LogP contribution >= 0.6 is 0 Å².